The topological polar surface area (TPSA) is 86.7 Å². The predicted octanol–water partition coefficient (Wildman–Crippen LogP) is 2.01. The van der Waals surface area contributed by atoms with Crippen molar-refractivity contribution in [1.29, 1.82) is 0 Å². The van der Waals surface area contributed by atoms with Gasteiger partial charge in [0.15, 0.2) is 0 Å². The number of hydrogen-bond donors (Lipinski definition) is 0. The molecule has 1 aliphatic heterocycles. The van der Waals surface area contributed by atoms with Gasteiger partial charge in [-0.05, 0) is 29.7 Å². The van der Waals surface area contributed by atoms with Crippen LogP contribution in [0, 0.1) is 0 Å². The van der Waals surface area contributed by atoms with Crippen molar-refractivity contribution < 1.29 is 24.2 Å². The van der Waals surface area contributed by atoms with Crippen LogP contribution in [0.3, 0.4) is 0 Å². The number of nitrogens with zero attached hydrogens (tertiary/aromatic N) is 1. The van der Waals surface area contributed by atoms with E-state index < -0.39 is 17.8 Å². The lowest BCUT2D eigenvalue weighted by atomic mass is 9.91. The molecule has 6 nitrogen and oxygen atoms in total. The fraction of sp³-hybridized carbons (Fsp3) is 0.0500. The first kappa shape index (κ1) is 15.8. The van der Waals surface area contributed by atoms with Gasteiger partial charge in [0.05, 0.1) is 18.8 Å². The predicted molar refractivity (Wildman–Crippen MR) is 92.4 cm³/mol. The molecule has 0 aromatic heterocycles. The number of carboxylic acids is 1. The summed E-state index contributed by atoms with van der Waals surface area (Å²) in [6, 6.07) is 14.2. The van der Waals surface area contributed by atoms with Crippen LogP contribution in [0.1, 0.15) is 31.1 Å². The van der Waals surface area contributed by atoms with Gasteiger partial charge < -0.3 is 14.6 Å². The zero-order chi connectivity index (χ0) is 18.4. The molecule has 0 radical (unpaired) electrons. The third-order valence-corrected chi connectivity index (χ3v) is 4.45. The first-order valence-corrected chi connectivity index (χ1v) is 7.83. The highest BCUT2D eigenvalue weighted by Gasteiger charge is 2.35. The number of carbonyl (C=O) groups is 3. The summed E-state index contributed by atoms with van der Waals surface area (Å²) in [4.78, 5) is 38.5. The Labute approximate surface area is 148 Å². The molecule has 0 bridgehead atoms. The molecule has 128 valence electrons. The van der Waals surface area contributed by atoms with E-state index in [1.54, 1.807) is 42.5 Å². The second kappa shape index (κ2) is 5.70. The minimum Gasteiger partial charge on any atom is -0.545 e. The van der Waals surface area contributed by atoms with Crippen LogP contribution >= 0.6 is 0 Å². The standard InChI is InChI=1S/C20H13NO5/c1-26-16-8-3-2-7-15(16)21-18(22)13-6-4-5-11-12(20(24)25)9-10-14(17(11)13)19(21)23/h2-10H,1H3,(H,24,25)/p-1. The average Bonchev–Trinajstić information content (AvgIpc) is 2.66. The molecule has 3 aromatic carbocycles. The van der Waals surface area contributed by atoms with E-state index in [1.165, 1.54) is 19.2 Å². The molecule has 1 aliphatic rings. The van der Waals surface area contributed by atoms with Gasteiger partial charge in [0.2, 0.25) is 0 Å². The first-order valence-electron chi connectivity index (χ1n) is 7.83. The maximum atomic E-state index is 13.0. The second-order valence-electron chi connectivity index (χ2n) is 5.79. The molecule has 0 aliphatic carbocycles. The number of anilines is 1. The third kappa shape index (κ3) is 2.09. The van der Waals surface area contributed by atoms with E-state index in [1.807, 2.05) is 0 Å². The molecule has 0 atom stereocenters. The fourth-order valence-electron chi connectivity index (χ4n) is 3.31. The number of para-hydroxylation sites is 2. The van der Waals surface area contributed by atoms with Gasteiger partial charge in [0.25, 0.3) is 11.8 Å². The Morgan fingerprint density at radius 1 is 0.923 bits per heavy atom. The van der Waals surface area contributed by atoms with Crippen molar-refractivity contribution in [2.45, 2.75) is 0 Å². The Balaban J connectivity index is 2.01. The van der Waals surface area contributed by atoms with Gasteiger partial charge in [-0.25, -0.2) is 4.90 Å². The van der Waals surface area contributed by atoms with E-state index >= 15 is 0 Å². The molecular weight excluding hydrogens is 334 g/mol. The zero-order valence-electron chi connectivity index (χ0n) is 13.7. The van der Waals surface area contributed by atoms with E-state index in [9.17, 15) is 19.5 Å². The average molecular weight is 346 g/mol. The van der Waals surface area contributed by atoms with Crippen LogP contribution in [-0.4, -0.2) is 24.9 Å². The molecule has 4 rings (SSSR count). The van der Waals surface area contributed by atoms with Crippen molar-refractivity contribution in [2.24, 2.45) is 0 Å². The summed E-state index contributed by atoms with van der Waals surface area (Å²) in [6.07, 6.45) is 0. The molecule has 2 amide bonds. The highest BCUT2D eigenvalue weighted by atomic mass is 16.5. The smallest absolute Gasteiger partial charge is 0.266 e. The van der Waals surface area contributed by atoms with Crippen molar-refractivity contribution in [1.82, 2.24) is 0 Å². The number of imide groups is 1. The van der Waals surface area contributed by atoms with Crippen molar-refractivity contribution in [3.8, 4) is 5.75 Å². The third-order valence-electron chi connectivity index (χ3n) is 4.45. The van der Waals surface area contributed by atoms with Gasteiger partial charge >= 0.3 is 0 Å². The molecular formula is C20H12NO5-. The molecule has 0 saturated heterocycles. The summed E-state index contributed by atoms with van der Waals surface area (Å²) in [7, 11) is 1.46. The Hall–Kier alpha value is -3.67. The number of amides is 2. The van der Waals surface area contributed by atoms with E-state index in [-0.39, 0.29) is 16.7 Å². The molecule has 3 aromatic rings. The van der Waals surface area contributed by atoms with Crippen LogP contribution in [0.2, 0.25) is 0 Å². The summed E-state index contributed by atoms with van der Waals surface area (Å²) in [6.45, 7) is 0. The van der Waals surface area contributed by atoms with Crippen LogP contribution in [0.15, 0.2) is 54.6 Å². The summed E-state index contributed by atoms with van der Waals surface area (Å²) in [5, 5.41) is 12.0. The normalized spacial score (nSPS) is 13.2. The maximum Gasteiger partial charge on any atom is 0.266 e. The molecule has 0 spiro atoms. The number of methoxy groups -OCH3 is 1. The Morgan fingerprint density at radius 3 is 2.31 bits per heavy atom. The van der Waals surface area contributed by atoms with Crippen LogP contribution in [0.25, 0.3) is 10.8 Å². The van der Waals surface area contributed by atoms with Gasteiger partial charge in [-0.3, -0.25) is 9.59 Å². The van der Waals surface area contributed by atoms with Gasteiger partial charge in [-0.1, -0.05) is 30.3 Å². The Morgan fingerprint density at radius 2 is 1.62 bits per heavy atom. The summed E-state index contributed by atoms with van der Waals surface area (Å²) in [5.74, 6) is -2.04. The maximum absolute atomic E-state index is 13.0. The van der Waals surface area contributed by atoms with E-state index in [4.69, 9.17) is 4.74 Å². The zero-order valence-corrected chi connectivity index (χ0v) is 13.7. The van der Waals surface area contributed by atoms with Crippen molar-refractivity contribution >= 4 is 34.2 Å². The Bertz CT molecular complexity index is 1080. The summed E-state index contributed by atoms with van der Waals surface area (Å²) in [5.41, 5.74) is 0.783. The van der Waals surface area contributed by atoms with Crippen LogP contribution in [0.4, 0.5) is 5.69 Å². The molecule has 1 heterocycles. The minimum absolute atomic E-state index is 0.0584. The summed E-state index contributed by atoms with van der Waals surface area (Å²) < 4.78 is 5.27. The fourth-order valence-corrected chi connectivity index (χ4v) is 3.31. The minimum atomic E-state index is -1.36. The molecule has 26 heavy (non-hydrogen) atoms. The molecule has 0 N–H and O–H groups in total. The molecule has 0 fully saturated rings. The largest absolute Gasteiger partial charge is 0.545 e. The quantitative estimate of drug-likeness (QED) is 0.677. The number of ether oxygens (including phenoxy) is 1. The second-order valence-corrected chi connectivity index (χ2v) is 5.79. The number of hydrogen-bond acceptors (Lipinski definition) is 5. The van der Waals surface area contributed by atoms with Crippen molar-refractivity contribution in [2.75, 3.05) is 12.0 Å². The lowest BCUT2D eigenvalue weighted by Gasteiger charge is -2.28. The number of benzene rings is 3. The molecule has 0 saturated carbocycles. The number of carbonyl (C=O) groups excluding carboxylic acids is 3. The number of rotatable bonds is 3. The van der Waals surface area contributed by atoms with Crippen LogP contribution in [-0.2, 0) is 0 Å². The van der Waals surface area contributed by atoms with Crippen molar-refractivity contribution in [3.63, 3.8) is 0 Å². The Kier molecular flexibility index (Phi) is 3.47. The first-order chi connectivity index (χ1) is 12.5. The van der Waals surface area contributed by atoms with E-state index in [2.05, 4.69) is 0 Å². The summed E-state index contributed by atoms with van der Waals surface area (Å²) >= 11 is 0. The lowest BCUT2D eigenvalue weighted by molar-refractivity contribution is -0.254. The van der Waals surface area contributed by atoms with E-state index in [0.29, 0.717) is 22.2 Å². The SMILES string of the molecule is COc1ccccc1N1C(=O)c2cccc3c(C(=O)[O-])ccc(c23)C1=O. The van der Waals surface area contributed by atoms with Gasteiger partial charge in [-0.15, -0.1) is 0 Å². The van der Waals surface area contributed by atoms with Crippen molar-refractivity contribution in [3.05, 3.63) is 71.3 Å². The van der Waals surface area contributed by atoms with Crippen LogP contribution < -0.4 is 14.7 Å². The van der Waals surface area contributed by atoms with Crippen LogP contribution in [0.5, 0.6) is 5.75 Å². The molecule has 6 heteroatoms. The monoisotopic (exact) mass is 346 g/mol. The number of carboxylic acid groups (broad SMARTS) is 1. The number of aromatic carboxylic acids is 1. The molecule has 0 unspecified atom stereocenters. The highest BCUT2D eigenvalue weighted by Crippen LogP contribution is 2.37. The van der Waals surface area contributed by atoms with Gasteiger partial charge in [0, 0.05) is 22.1 Å². The van der Waals surface area contributed by atoms with E-state index in [0.717, 1.165) is 4.90 Å². The van der Waals surface area contributed by atoms with Gasteiger partial charge in [-0.2, -0.15) is 0 Å². The van der Waals surface area contributed by atoms with Gasteiger partial charge in [0.1, 0.15) is 5.75 Å². The lowest BCUT2D eigenvalue weighted by Crippen LogP contribution is -2.40. The highest BCUT2D eigenvalue weighted by molar-refractivity contribution is 6.36.